The molecular formula is C13H20N2O2. The van der Waals surface area contributed by atoms with E-state index < -0.39 is 0 Å². The van der Waals surface area contributed by atoms with Crippen LogP contribution in [0.4, 0.5) is 5.69 Å². The molecule has 4 nitrogen and oxygen atoms in total. The second-order valence-electron chi connectivity index (χ2n) is 5.06. The third-order valence-electron chi connectivity index (χ3n) is 3.47. The van der Waals surface area contributed by atoms with Crippen LogP contribution in [-0.2, 0) is 11.8 Å². The van der Waals surface area contributed by atoms with Crippen LogP contribution in [0.1, 0.15) is 43.1 Å². The number of aryl methyl sites for hydroxylation is 1. The van der Waals surface area contributed by atoms with Crippen LogP contribution in [-0.4, -0.2) is 16.6 Å². The fourth-order valence-corrected chi connectivity index (χ4v) is 2.35. The number of hydrogen-bond acceptors (Lipinski definition) is 3. The van der Waals surface area contributed by atoms with Gasteiger partial charge in [-0.1, -0.05) is 6.92 Å². The number of esters is 1. The number of anilines is 1. The van der Waals surface area contributed by atoms with Crippen molar-refractivity contribution in [3.8, 4) is 0 Å². The molecular weight excluding hydrogens is 216 g/mol. The summed E-state index contributed by atoms with van der Waals surface area (Å²) in [7, 11) is 1.80. The second-order valence-corrected chi connectivity index (χ2v) is 5.06. The molecule has 0 amide bonds. The van der Waals surface area contributed by atoms with Gasteiger partial charge < -0.3 is 15.0 Å². The molecule has 1 fully saturated rings. The molecule has 94 valence electrons. The number of rotatable bonds is 2. The first-order valence-corrected chi connectivity index (χ1v) is 6.19. The Balaban J connectivity index is 1.95. The quantitative estimate of drug-likeness (QED) is 0.802. The fraction of sp³-hybridized carbons (Fsp3) is 0.615. The predicted molar refractivity (Wildman–Crippen MR) is 66.7 cm³/mol. The monoisotopic (exact) mass is 236 g/mol. The van der Waals surface area contributed by atoms with Gasteiger partial charge in [0.05, 0.1) is 5.69 Å². The van der Waals surface area contributed by atoms with Crippen LogP contribution in [0.25, 0.3) is 0 Å². The summed E-state index contributed by atoms with van der Waals surface area (Å²) in [5.41, 5.74) is 6.76. The molecule has 0 radical (unpaired) electrons. The Morgan fingerprint density at radius 1 is 1.41 bits per heavy atom. The Bertz CT molecular complexity index is 404. The highest BCUT2D eigenvalue weighted by Crippen LogP contribution is 2.26. The maximum Gasteiger partial charge on any atom is 0.355 e. The molecule has 4 heteroatoms. The van der Waals surface area contributed by atoms with Gasteiger partial charge in [-0.3, -0.25) is 0 Å². The van der Waals surface area contributed by atoms with Gasteiger partial charge in [0.2, 0.25) is 0 Å². The van der Waals surface area contributed by atoms with Gasteiger partial charge in [-0.2, -0.15) is 0 Å². The number of nitrogen functional groups attached to an aromatic ring is 1. The van der Waals surface area contributed by atoms with Gasteiger partial charge in [0, 0.05) is 13.2 Å². The van der Waals surface area contributed by atoms with Crippen molar-refractivity contribution in [2.24, 2.45) is 13.0 Å². The summed E-state index contributed by atoms with van der Waals surface area (Å²) in [6.07, 6.45) is 6.05. The Morgan fingerprint density at radius 2 is 2.06 bits per heavy atom. The van der Waals surface area contributed by atoms with Gasteiger partial charge in [0.15, 0.2) is 0 Å². The van der Waals surface area contributed by atoms with Gasteiger partial charge in [-0.25, -0.2) is 4.79 Å². The summed E-state index contributed by atoms with van der Waals surface area (Å²) in [5.74, 6) is 0.499. The molecule has 17 heavy (non-hydrogen) atoms. The summed E-state index contributed by atoms with van der Waals surface area (Å²) >= 11 is 0. The van der Waals surface area contributed by atoms with E-state index in [1.165, 1.54) is 0 Å². The van der Waals surface area contributed by atoms with Crippen LogP contribution in [0.5, 0.6) is 0 Å². The van der Waals surface area contributed by atoms with Crippen LogP contribution in [0.3, 0.4) is 0 Å². The molecule has 0 unspecified atom stereocenters. The minimum Gasteiger partial charge on any atom is -0.458 e. The average Bonchev–Trinajstić information content (AvgIpc) is 2.61. The Hall–Kier alpha value is -1.45. The summed E-state index contributed by atoms with van der Waals surface area (Å²) in [6, 6.07) is 1.66. The van der Waals surface area contributed by atoms with Crippen molar-refractivity contribution in [2.45, 2.75) is 38.7 Å². The third-order valence-corrected chi connectivity index (χ3v) is 3.47. The lowest BCUT2D eigenvalue weighted by Gasteiger charge is -2.25. The first-order valence-electron chi connectivity index (χ1n) is 6.19. The standard InChI is InChI=1S/C13H20N2O2/c1-9-3-5-11(6-4-9)17-13(16)12-7-10(14)8-15(12)2/h7-9,11H,3-6,14H2,1-2H3. The number of ether oxygens (including phenoxy) is 1. The molecule has 2 N–H and O–H groups in total. The molecule has 1 aromatic rings. The van der Waals surface area contributed by atoms with E-state index in [0.717, 1.165) is 31.6 Å². The van der Waals surface area contributed by atoms with Gasteiger partial charge >= 0.3 is 5.97 Å². The highest BCUT2D eigenvalue weighted by Gasteiger charge is 2.23. The van der Waals surface area contributed by atoms with E-state index in [1.54, 1.807) is 23.9 Å². The summed E-state index contributed by atoms with van der Waals surface area (Å²) in [4.78, 5) is 11.9. The smallest absolute Gasteiger partial charge is 0.355 e. The molecule has 1 aliphatic rings. The molecule has 0 saturated heterocycles. The lowest BCUT2D eigenvalue weighted by atomic mass is 9.89. The highest BCUT2D eigenvalue weighted by molar-refractivity contribution is 5.89. The summed E-state index contributed by atoms with van der Waals surface area (Å²) < 4.78 is 7.22. The molecule has 0 aromatic carbocycles. The highest BCUT2D eigenvalue weighted by atomic mass is 16.5. The second kappa shape index (κ2) is 4.82. The van der Waals surface area contributed by atoms with E-state index >= 15 is 0 Å². The molecule has 2 rings (SSSR count). The van der Waals surface area contributed by atoms with Crippen molar-refractivity contribution < 1.29 is 9.53 Å². The molecule has 1 aromatic heterocycles. The van der Waals surface area contributed by atoms with E-state index in [1.807, 2.05) is 0 Å². The average molecular weight is 236 g/mol. The third kappa shape index (κ3) is 2.81. The van der Waals surface area contributed by atoms with E-state index in [9.17, 15) is 4.79 Å². The van der Waals surface area contributed by atoms with E-state index in [2.05, 4.69) is 6.92 Å². The SMILES string of the molecule is CC1CCC(OC(=O)c2cc(N)cn2C)CC1. The number of aromatic nitrogens is 1. The van der Waals surface area contributed by atoms with Crippen molar-refractivity contribution in [2.75, 3.05) is 5.73 Å². The van der Waals surface area contributed by atoms with Gasteiger partial charge in [-0.05, 0) is 37.7 Å². The summed E-state index contributed by atoms with van der Waals surface area (Å²) in [6.45, 7) is 2.25. The van der Waals surface area contributed by atoms with Crippen LogP contribution >= 0.6 is 0 Å². The van der Waals surface area contributed by atoms with Crippen molar-refractivity contribution in [3.63, 3.8) is 0 Å². The van der Waals surface area contributed by atoms with Crippen molar-refractivity contribution in [1.82, 2.24) is 4.57 Å². The van der Waals surface area contributed by atoms with Gasteiger partial charge in [0.25, 0.3) is 0 Å². The Labute approximate surface area is 102 Å². The summed E-state index contributed by atoms with van der Waals surface area (Å²) in [5, 5.41) is 0. The molecule has 1 saturated carbocycles. The molecule has 0 bridgehead atoms. The molecule has 0 aliphatic heterocycles. The van der Waals surface area contributed by atoms with Gasteiger partial charge in [-0.15, -0.1) is 0 Å². The molecule has 1 aliphatic carbocycles. The number of nitrogens with zero attached hydrogens (tertiary/aromatic N) is 1. The topological polar surface area (TPSA) is 57.2 Å². The lowest BCUT2D eigenvalue weighted by Crippen LogP contribution is -2.24. The zero-order chi connectivity index (χ0) is 12.4. The van der Waals surface area contributed by atoms with Gasteiger partial charge in [0.1, 0.15) is 11.8 Å². The normalized spacial score (nSPS) is 24.6. The number of nitrogens with two attached hydrogens (primary N) is 1. The first-order chi connectivity index (χ1) is 8.06. The lowest BCUT2D eigenvalue weighted by molar-refractivity contribution is 0.0163. The minimum atomic E-state index is -0.260. The maximum absolute atomic E-state index is 11.9. The first kappa shape index (κ1) is 12.0. The number of carbonyl (C=O) groups is 1. The van der Waals surface area contributed by atoms with Crippen LogP contribution in [0.15, 0.2) is 12.3 Å². The zero-order valence-corrected chi connectivity index (χ0v) is 10.5. The molecule has 0 atom stereocenters. The van der Waals surface area contributed by atoms with Crippen molar-refractivity contribution in [1.29, 1.82) is 0 Å². The van der Waals surface area contributed by atoms with E-state index in [4.69, 9.17) is 10.5 Å². The van der Waals surface area contributed by atoms with E-state index in [0.29, 0.717) is 11.4 Å². The van der Waals surface area contributed by atoms with Crippen LogP contribution in [0, 0.1) is 5.92 Å². The zero-order valence-electron chi connectivity index (χ0n) is 10.5. The van der Waals surface area contributed by atoms with E-state index in [-0.39, 0.29) is 12.1 Å². The fourth-order valence-electron chi connectivity index (χ4n) is 2.35. The number of carbonyl (C=O) groups excluding carboxylic acids is 1. The predicted octanol–water partition coefficient (Wildman–Crippen LogP) is 2.34. The largest absolute Gasteiger partial charge is 0.458 e. The van der Waals surface area contributed by atoms with Crippen molar-refractivity contribution in [3.05, 3.63) is 18.0 Å². The molecule has 1 heterocycles. The van der Waals surface area contributed by atoms with Crippen molar-refractivity contribution >= 4 is 11.7 Å². The maximum atomic E-state index is 11.9. The Morgan fingerprint density at radius 3 is 2.59 bits per heavy atom. The number of hydrogen-bond donors (Lipinski definition) is 1. The van der Waals surface area contributed by atoms with Crippen LogP contribution < -0.4 is 5.73 Å². The minimum absolute atomic E-state index is 0.0785. The van der Waals surface area contributed by atoms with Crippen LogP contribution in [0.2, 0.25) is 0 Å². The molecule has 0 spiro atoms. The Kier molecular flexibility index (Phi) is 3.41.